The molecule has 0 aliphatic rings. The fourth-order valence-corrected chi connectivity index (χ4v) is 5.60. The standard InChI is InChI=1S/C29H35N5O6S/c1-4-8-26(35)25(5-2)29(38)33(3)23-14-12-21(13-15-23)19-34(41(39,40)24-10-7-16-30-17-24)20-22-9-6-11-27(32-22)31-18-28(36)37/h6-7,9-17,25H,4-5,8,18-20H2,1-3H3,(H,31,32)(H,36,37). The maximum atomic E-state index is 13.6. The smallest absolute Gasteiger partial charge is 0.322 e. The summed E-state index contributed by atoms with van der Waals surface area (Å²) in [7, 11) is -2.37. The monoisotopic (exact) mass is 581 g/mol. The van der Waals surface area contributed by atoms with Gasteiger partial charge < -0.3 is 15.3 Å². The van der Waals surface area contributed by atoms with Gasteiger partial charge in [-0.25, -0.2) is 13.4 Å². The number of benzene rings is 1. The third kappa shape index (κ3) is 8.41. The van der Waals surface area contributed by atoms with E-state index in [0.29, 0.717) is 42.0 Å². The first-order valence-corrected chi connectivity index (χ1v) is 14.7. The molecular weight excluding hydrogens is 546 g/mol. The number of hydrogen-bond donors (Lipinski definition) is 2. The number of amides is 1. The van der Waals surface area contributed by atoms with Crippen LogP contribution >= 0.6 is 0 Å². The molecule has 0 aliphatic heterocycles. The molecule has 3 rings (SSSR count). The number of anilines is 2. The van der Waals surface area contributed by atoms with Crippen LogP contribution in [-0.4, -0.2) is 59.0 Å². The second-order valence-corrected chi connectivity index (χ2v) is 11.4. The molecule has 3 aromatic rings. The van der Waals surface area contributed by atoms with Gasteiger partial charge in [-0.05, 0) is 54.8 Å². The van der Waals surface area contributed by atoms with Crippen molar-refractivity contribution in [2.75, 3.05) is 23.8 Å². The van der Waals surface area contributed by atoms with Gasteiger partial charge in [-0.15, -0.1) is 0 Å². The molecule has 1 atom stereocenters. The molecule has 41 heavy (non-hydrogen) atoms. The van der Waals surface area contributed by atoms with Crippen molar-refractivity contribution in [2.45, 2.75) is 51.1 Å². The highest BCUT2D eigenvalue weighted by atomic mass is 32.2. The van der Waals surface area contributed by atoms with Crippen molar-refractivity contribution in [1.29, 1.82) is 0 Å². The number of nitrogens with zero attached hydrogens (tertiary/aromatic N) is 4. The summed E-state index contributed by atoms with van der Waals surface area (Å²) in [6.45, 7) is 3.30. The van der Waals surface area contributed by atoms with E-state index >= 15 is 0 Å². The van der Waals surface area contributed by atoms with E-state index in [4.69, 9.17) is 5.11 Å². The van der Waals surface area contributed by atoms with Crippen LogP contribution in [0.1, 0.15) is 44.4 Å². The number of aromatic nitrogens is 2. The molecule has 12 heteroatoms. The van der Waals surface area contributed by atoms with Gasteiger partial charge in [-0.1, -0.05) is 32.0 Å². The number of carboxylic acid groups (broad SMARTS) is 1. The maximum Gasteiger partial charge on any atom is 0.322 e. The summed E-state index contributed by atoms with van der Waals surface area (Å²) in [5.74, 6) is -1.79. The van der Waals surface area contributed by atoms with E-state index in [1.807, 2.05) is 13.8 Å². The van der Waals surface area contributed by atoms with Gasteiger partial charge in [0, 0.05) is 38.1 Å². The Morgan fingerprint density at radius 2 is 1.73 bits per heavy atom. The number of hydrogen-bond acceptors (Lipinski definition) is 8. The fourth-order valence-electron chi connectivity index (χ4n) is 4.24. The Morgan fingerprint density at radius 3 is 2.34 bits per heavy atom. The van der Waals surface area contributed by atoms with Crippen LogP contribution in [0, 0.1) is 5.92 Å². The van der Waals surface area contributed by atoms with Crippen LogP contribution in [0.5, 0.6) is 0 Å². The van der Waals surface area contributed by atoms with E-state index in [9.17, 15) is 22.8 Å². The van der Waals surface area contributed by atoms with Crippen molar-refractivity contribution in [1.82, 2.24) is 14.3 Å². The van der Waals surface area contributed by atoms with Gasteiger partial charge in [-0.2, -0.15) is 4.31 Å². The van der Waals surface area contributed by atoms with Crippen LogP contribution in [0.3, 0.4) is 0 Å². The molecule has 1 aromatic carbocycles. The van der Waals surface area contributed by atoms with Crippen LogP contribution in [0.25, 0.3) is 0 Å². The topological polar surface area (TPSA) is 150 Å². The Kier molecular flexibility index (Phi) is 11.1. The number of carbonyl (C=O) groups is 3. The van der Waals surface area contributed by atoms with Crippen molar-refractivity contribution in [2.24, 2.45) is 5.92 Å². The lowest BCUT2D eigenvalue weighted by molar-refractivity contribution is -0.135. The molecule has 0 saturated carbocycles. The number of nitrogens with one attached hydrogen (secondary N) is 1. The summed E-state index contributed by atoms with van der Waals surface area (Å²) in [6.07, 6.45) is 4.21. The lowest BCUT2D eigenvalue weighted by Crippen LogP contribution is -2.36. The Morgan fingerprint density at radius 1 is 1.00 bits per heavy atom. The Balaban J connectivity index is 1.86. The van der Waals surface area contributed by atoms with Gasteiger partial charge >= 0.3 is 5.97 Å². The van der Waals surface area contributed by atoms with Crippen molar-refractivity contribution >= 4 is 39.2 Å². The third-order valence-corrected chi connectivity index (χ3v) is 8.22. The highest BCUT2D eigenvalue weighted by Crippen LogP contribution is 2.23. The number of carbonyl (C=O) groups excluding carboxylic acids is 2. The van der Waals surface area contributed by atoms with E-state index < -0.39 is 21.9 Å². The summed E-state index contributed by atoms with van der Waals surface area (Å²) >= 11 is 0. The van der Waals surface area contributed by atoms with Gasteiger partial charge in [0.2, 0.25) is 15.9 Å². The third-order valence-electron chi connectivity index (χ3n) is 6.44. The molecule has 0 fully saturated rings. The molecule has 2 aromatic heterocycles. The number of pyridine rings is 2. The minimum absolute atomic E-state index is 0.00377. The average Bonchev–Trinajstić information content (AvgIpc) is 2.97. The lowest BCUT2D eigenvalue weighted by Gasteiger charge is -2.24. The van der Waals surface area contributed by atoms with E-state index in [0.717, 1.165) is 0 Å². The van der Waals surface area contributed by atoms with Crippen molar-refractivity contribution in [3.8, 4) is 0 Å². The summed E-state index contributed by atoms with van der Waals surface area (Å²) in [6, 6.07) is 14.8. The molecule has 0 aliphatic carbocycles. The number of sulfonamides is 1. The molecule has 2 N–H and O–H groups in total. The minimum atomic E-state index is -3.99. The SMILES string of the molecule is CCCC(=O)C(CC)C(=O)N(C)c1ccc(CN(Cc2cccc(NCC(=O)O)n2)S(=O)(=O)c2cccnc2)cc1. The number of ketones is 1. The highest BCUT2D eigenvalue weighted by Gasteiger charge is 2.28. The summed E-state index contributed by atoms with van der Waals surface area (Å²) in [5, 5.41) is 11.6. The van der Waals surface area contributed by atoms with E-state index in [1.165, 1.54) is 33.7 Å². The summed E-state index contributed by atoms with van der Waals surface area (Å²) < 4.78 is 28.5. The molecule has 0 radical (unpaired) electrons. The molecule has 11 nitrogen and oxygen atoms in total. The summed E-state index contributed by atoms with van der Waals surface area (Å²) in [5.41, 5.74) is 1.66. The zero-order valence-electron chi connectivity index (χ0n) is 23.4. The summed E-state index contributed by atoms with van der Waals surface area (Å²) in [4.78, 5) is 46.2. The maximum absolute atomic E-state index is 13.6. The Hall–Kier alpha value is -4.16. The number of rotatable bonds is 15. The predicted octanol–water partition coefficient (Wildman–Crippen LogP) is 3.72. The molecule has 1 amide bonds. The molecule has 2 heterocycles. The molecule has 0 saturated heterocycles. The van der Waals surface area contributed by atoms with E-state index in [-0.39, 0.29) is 36.2 Å². The van der Waals surface area contributed by atoms with Crippen LogP contribution < -0.4 is 10.2 Å². The van der Waals surface area contributed by atoms with E-state index in [1.54, 1.807) is 49.5 Å². The molecule has 0 spiro atoms. The first kappa shape index (κ1) is 31.4. The Bertz CT molecular complexity index is 1450. The van der Waals surface area contributed by atoms with Crippen LogP contribution in [0.15, 0.2) is 71.9 Å². The predicted molar refractivity (Wildman–Crippen MR) is 155 cm³/mol. The van der Waals surface area contributed by atoms with Crippen LogP contribution in [0.2, 0.25) is 0 Å². The second-order valence-electron chi connectivity index (χ2n) is 9.46. The van der Waals surface area contributed by atoms with Gasteiger partial charge in [0.25, 0.3) is 0 Å². The molecule has 0 bridgehead atoms. The van der Waals surface area contributed by atoms with Crippen molar-refractivity contribution in [3.63, 3.8) is 0 Å². The van der Waals surface area contributed by atoms with Gasteiger partial charge in [0.1, 0.15) is 23.0 Å². The van der Waals surface area contributed by atoms with Gasteiger partial charge in [0.15, 0.2) is 0 Å². The minimum Gasteiger partial charge on any atom is -0.480 e. The van der Waals surface area contributed by atoms with Crippen molar-refractivity contribution < 1.29 is 27.9 Å². The number of Topliss-reactive ketones (excluding diaryl/α,β-unsaturated/α-hetero) is 1. The number of carboxylic acids is 1. The first-order chi connectivity index (χ1) is 19.6. The van der Waals surface area contributed by atoms with Gasteiger partial charge in [-0.3, -0.25) is 19.4 Å². The zero-order chi connectivity index (χ0) is 30.0. The zero-order valence-corrected chi connectivity index (χ0v) is 24.2. The van der Waals surface area contributed by atoms with Crippen LogP contribution in [0.4, 0.5) is 11.5 Å². The quantitative estimate of drug-likeness (QED) is 0.256. The molecule has 1 unspecified atom stereocenters. The molecular formula is C29H35N5O6S. The molecule has 218 valence electrons. The van der Waals surface area contributed by atoms with E-state index in [2.05, 4.69) is 15.3 Å². The normalized spacial score (nSPS) is 12.1. The second kappa shape index (κ2) is 14.5. The first-order valence-electron chi connectivity index (χ1n) is 13.3. The largest absolute Gasteiger partial charge is 0.480 e. The lowest BCUT2D eigenvalue weighted by atomic mass is 9.96. The van der Waals surface area contributed by atoms with Crippen molar-refractivity contribution in [3.05, 3.63) is 78.2 Å². The average molecular weight is 582 g/mol. The van der Waals surface area contributed by atoms with Crippen LogP contribution in [-0.2, 0) is 37.5 Å². The fraction of sp³-hybridized carbons (Fsp3) is 0.345. The number of aliphatic carboxylic acids is 1. The van der Waals surface area contributed by atoms with Gasteiger partial charge in [0.05, 0.1) is 18.2 Å². The highest BCUT2D eigenvalue weighted by molar-refractivity contribution is 7.89. The Labute approximate surface area is 240 Å².